The fourth-order valence-corrected chi connectivity index (χ4v) is 5.01. The van der Waals surface area contributed by atoms with Crippen molar-refractivity contribution in [3.8, 4) is 0 Å². The van der Waals surface area contributed by atoms with Crippen molar-refractivity contribution in [3.05, 3.63) is 53.9 Å². The summed E-state index contributed by atoms with van der Waals surface area (Å²) in [6, 6.07) is 10.8. The van der Waals surface area contributed by atoms with Gasteiger partial charge in [0.05, 0.1) is 10.6 Å². The standard InChI is InChI=1S/C19H23N5O2S/c1-15-18-12-16(13-20-19(18)22(2)21-15)14-23-8-10-24(11-9-23)27(25,26)17-6-4-3-5-7-17/h3-7,12-13H,8-11,14H2,1-2H3. The van der Waals surface area contributed by atoms with Crippen LogP contribution in [0.1, 0.15) is 11.3 Å². The minimum absolute atomic E-state index is 0.361. The van der Waals surface area contributed by atoms with Gasteiger partial charge in [0.2, 0.25) is 10.0 Å². The predicted molar refractivity (Wildman–Crippen MR) is 104 cm³/mol. The van der Waals surface area contributed by atoms with E-state index >= 15 is 0 Å². The Labute approximate surface area is 159 Å². The average Bonchev–Trinajstić information content (AvgIpc) is 2.96. The maximum absolute atomic E-state index is 12.7. The predicted octanol–water partition coefficient (Wildman–Crippen LogP) is 1.78. The summed E-state index contributed by atoms with van der Waals surface area (Å²) in [5.74, 6) is 0. The van der Waals surface area contributed by atoms with Gasteiger partial charge >= 0.3 is 0 Å². The third kappa shape index (κ3) is 3.47. The minimum Gasteiger partial charge on any atom is -0.296 e. The van der Waals surface area contributed by atoms with Gasteiger partial charge in [0, 0.05) is 51.4 Å². The fourth-order valence-electron chi connectivity index (χ4n) is 3.57. The van der Waals surface area contributed by atoms with E-state index < -0.39 is 10.0 Å². The Bertz CT molecular complexity index is 1050. The molecule has 142 valence electrons. The van der Waals surface area contributed by atoms with E-state index in [9.17, 15) is 8.42 Å². The highest BCUT2D eigenvalue weighted by Crippen LogP contribution is 2.20. The largest absolute Gasteiger partial charge is 0.296 e. The summed E-state index contributed by atoms with van der Waals surface area (Å²) in [4.78, 5) is 7.16. The molecule has 8 heteroatoms. The van der Waals surface area contributed by atoms with E-state index in [1.54, 1.807) is 33.3 Å². The van der Waals surface area contributed by atoms with Gasteiger partial charge < -0.3 is 0 Å². The van der Waals surface area contributed by atoms with E-state index in [1.807, 2.05) is 26.2 Å². The van der Waals surface area contributed by atoms with Crippen LogP contribution in [0.4, 0.5) is 0 Å². The molecule has 1 aliphatic heterocycles. The Hall–Kier alpha value is -2.29. The van der Waals surface area contributed by atoms with Crippen LogP contribution in [0.25, 0.3) is 11.0 Å². The fraction of sp³-hybridized carbons (Fsp3) is 0.368. The van der Waals surface area contributed by atoms with Gasteiger partial charge in [0.25, 0.3) is 0 Å². The molecule has 1 aliphatic rings. The summed E-state index contributed by atoms with van der Waals surface area (Å²) in [6.07, 6.45) is 1.89. The van der Waals surface area contributed by atoms with Crippen molar-refractivity contribution in [1.82, 2.24) is 24.0 Å². The molecule has 1 fully saturated rings. The van der Waals surface area contributed by atoms with Crippen LogP contribution in [0.15, 0.2) is 47.5 Å². The molecule has 0 aliphatic carbocycles. The number of hydrogen-bond donors (Lipinski definition) is 0. The van der Waals surface area contributed by atoms with Crippen molar-refractivity contribution in [2.45, 2.75) is 18.4 Å². The van der Waals surface area contributed by atoms with Gasteiger partial charge in [-0.1, -0.05) is 18.2 Å². The number of rotatable bonds is 4. The number of fused-ring (bicyclic) bond motifs is 1. The first-order chi connectivity index (χ1) is 12.9. The molecule has 3 aromatic rings. The first-order valence-electron chi connectivity index (χ1n) is 9.01. The van der Waals surface area contributed by atoms with Crippen LogP contribution >= 0.6 is 0 Å². The van der Waals surface area contributed by atoms with Gasteiger partial charge in [-0.3, -0.25) is 9.58 Å². The van der Waals surface area contributed by atoms with Crippen LogP contribution in [0.3, 0.4) is 0 Å². The summed E-state index contributed by atoms with van der Waals surface area (Å²) >= 11 is 0. The summed E-state index contributed by atoms with van der Waals surface area (Å²) in [5.41, 5.74) is 2.98. The first kappa shape index (κ1) is 18.1. The molecule has 0 N–H and O–H groups in total. The van der Waals surface area contributed by atoms with E-state index in [0.29, 0.717) is 31.1 Å². The van der Waals surface area contributed by atoms with Gasteiger partial charge in [0.15, 0.2) is 5.65 Å². The quantitative estimate of drug-likeness (QED) is 0.685. The van der Waals surface area contributed by atoms with E-state index in [2.05, 4.69) is 21.0 Å². The van der Waals surface area contributed by atoms with Crippen molar-refractivity contribution in [2.75, 3.05) is 26.2 Å². The van der Waals surface area contributed by atoms with Gasteiger partial charge in [-0.15, -0.1) is 0 Å². The lowest BCUT2D eigenvalue weighted by molar-refractivity contribution is 0.181. The molecule has 4 rings (SSSR count). The molecule has 1 aromatic carbocycles. The monoisotopic (exact) mass is 385 g/mol. The maximum atomic E-state index is 12.7. The number of piperazine rings is 1. The third-order valence-corrected chi connectivity index (χ3v) is 6.95. The highest BCUT2D eigenvalue weighted by atomic mass is 32.2. The SMILES string of the molecule is Cc1nn(C)c2ncc(CN3CCN(S(=O)(=O)c4ccccc4)CC3)cc12. The molecule has 27 heavy (non-hydrogen) atoms. The number of benzene rings is 1. The van der Waals surface area contributed by atoms with Gasteiger partial charge in [0.1, 0.15) is 0 Å². The van der Waals surface area contributed by atoms with E-state index in [-0.39, 0.29) is 0 Å². The third-order valence-electron chi connectivity index (χ3n) is 5.04. The highest BCUT2D eigenvalue weighted by molar-refractivity contribution is 7.89. The van der Waals surface area contributed by atoms with Crippen LogP contribution in [0, 0.1) is 6.92 Å². The van der Waals surface area contributed by atoms with Crippen LogP contribution in [0.2, 0.25) is 0 Å². The number of pyridine rings is 1. The normalized spacial score (nSPS) is 16.8. The molecule has 3 heterocycles. The Morgan fingerprint density at radius 2 is 1.78 bits per heavy atom. The second-order valence-electron chi connectivity index (χ2n) is 6.92. The second kappa shape index (κ2) is 7.03. The molecule has 2 aromatic heterocycles. The lowest BCUT2D eigenvalue weighted by atomic mass is 10.2. The summed E-state index contributed by atoms with van der Waals surface area (Å²) in [7, 11) is -1.51. The number of nitrogens with zero attached hydrogens (tertiary/aromatic N) is 5. The molecule has 0 saturated carbocycles. The molecule has 1 saturated heterocycles. The number of sulfonamides is 1. The number of aromatic nitrogens is 3. The van der Waals surface area contributed by atoms with Crippen molar-refractivity contribution in [3.63, 3.8) is 0 Å². The molecule has 0 amide bonds. The maximum Gasteiger partial charge on any atom is 0.243 e. The average molecular weight is 385 g/mol. The van der Waals surface area contributed by atoms with E-state index in [0.717, 1.165) is 28.8 Å². The zero-order valence-corrected chi connectivity index (χ0v) is 16.4. The zero-order chi connectivity index (χ0) is 19.0. The molecular formula is C19H23N5O2S. The highest BCUT2D eigenvalue weighted by Gasteiger charge is 2.28. The Balaban J connectivity index is 1.43. The van der Waals surface area contributed by atoms with Gasteiger partial charge in [-0.2, -0.15) is 9.40 Å². The smallest absolute Gasteiger partial charge is 0.243 e. The lowest BCUT2D eigenvalue weighted by Gasteiger charge is -2.33. The summed E-state index contributed by atoms with van der Waals surface area (Å²) < 4.78 is 28.8. The zero-order valence-electron chi connectivity index (χ0n) is 15.5. The van der Waals surface area contributed by atoms with Crippen molar-refractivity contribution in [2.24, 2.45) is 7.05 Å². The molecule has 0 bridgehead atoms. The molecule has 7 nitrogen and oxygen atoms in total. The van der Waals surface area contributed by atoms with Crippen LogP contribution in [0.5, 0.6) is 0 Å². The number of aryl methyl sites for hydroxylation is 2. The molecule has 0 unspecified atom stereocenters. The van der Waals surface area contributed by atoms with Crippen LogP contribution in [-0.4, -0.2) is 58.6 Å². The molecular weight excluding hydrogens is 362 g/mol. The summed E-state index contributed by atoms with van der Waals surface area (Å²) in [5, 5.41) is 5.48. The Kier molecular flexibility index (Phi) is 4.71. The Morgan fingerprint density at radius 3 is 2.48 bits per heavy atom. The lowest BCUT2D eigenvalue weighted by Crippen LogP contribution is -2.48. The summed E-state index contributed by atoms with van der Waals surface area (Å²) in [6.45, 7) is 5.15. The van der Waals surface area contributed by atoms with E-state index in [4.69, 9.17) is 0 Å². The van der Waals surface area contributed by atoms with Crippen LogP contribution < -0.4 is 0 Å². The van der Waals surface area contributed by atoms with Gasteiger partial charge in [-0.05, 0) is 30.7 Å². The van der Waals surface area contributed by atoms with Crippen molar-refractivity contribution in [1.29, 1.82) is 0 Å². The minimum atomic E-state index is -3.41. The van der Waals surface area contributed by atoms with Crippen molar-refractivity contribution < 1.29 is 8.42 Å². The topological polar surface area (TPSA) is 71.3 Å². The Morgan fingerprint density at radius 1 is 1.07 bits per heavy atom. The molecule has 0 radical (unpaired) electrons. The molecule has 0 atom stereocenters. The second-order valence-corrected chi connectivity index (χ2v) is 8.85. The van der Waals surface area contributed by atoms with Gasteiger partial charge in [-0.25, -0.2) is 13.4 Å². The van der Waals surface area contributed by atoms with E-state index in [1.165, 1.54) is 0 Å². The first-order valence-corrected chi connectivity index (χ1v) is 10.4. The number of hydrogen-bond acceptors (Lipinski definition) is 5. The van der Waals surface area contributed by atoms with Crippen molar-refractivity contribution >= 4 is 21.1 Å². The van der Waals surface area contributed by atoms with Crippen LogP contribution in [-0.2, 0) is 23.6 Å². The molecule has 0 spiro atoms.